The van der Waals surface area contributed by atoms with E-state index in [9.17, 15) is 19.7 Å². The first-order valence-corrected chi connectivity index (χ1v) is 6.05. The highest BCUT2D eigenvalue weighted by atomic mass is 16.6. The van der Waals surface area contributed by atoms with Crippen LogP contribution in [0.1, 0.15) is 18.5 Å². The first-order valence-electron chi connectivity index (χ1n) is 6.05. The van der Waals surface area contributed by atoms with E-state index in [1.54, 1.807) is 6.92 Å². The first kappa shape index (κ1) is 14.5. The lowest BCUT2D eigenvalue weighted by Crippen LogP contribution is -2.45. The van der Waals surface area contributed by atoms with Gasteiger partial charge in [0.2, 0.25) is 0 Å². The topological polar surface area (TPSA) is 111 Å². The Morgan fingerprint density at radius 1 is 1.33 bits per heavy atom. The van der Waals surface area contributed by atoms with Crippen LogP contribution in [-0.2, 0) is 9.53 Å². The van der Waals surface area contributed by atoms with Crippen molar-refractivity contribution < 1.29 is 19.2 Å². The third-order valence-corrected chi connectivity index (χ3v) is 3.11. The van der Waals surface area contributed by atoms with E-state index in [2.05, 4.69) is 10.6 Å². The zero-order valence-corrected chi connectivity index (χ0v) is 11.4. The highest BCUT2D eigenvalue weighted by Crippen LogP contribution is 2.28. The van der Waals surface area contributed by atoms with Crippen LogP contribution in [0, 0.1) is 10.1 Å². The zero-order valence-electron chi connectivity index (χ0n) is 11.4. The number of esters is 1. The Labute approximate surface area is 119 Å². The molecule has 1 aromatic carbocycles. The van der Waals surface area contributed by atoms with Gasteiger partial charge in [0.05, 0.1) is 23.6 Å². The summed E-state index contributed by atoms with van der Waals surface area (Å²) in [7, 11) is 1.24. The minimum atomic E-state index is -0.716. The number of nitro groups is 1. The second-order valence-corrected chi connectivity index (χ2v) is 4.41. The van der Waals surface area contributed by atoms with Crippen molar-refractivity contribution in [3.8, 4) is 0 Å². The summed E-state index contributed by atoms with van der Waals surface area (Å²) in [4.78, 5) is 33.6. The van der Waals surface area contributed by atoms with E-state index in [4.69, 9.17) is 4.74 Å². The van der Waals surface area contributed by atoms with Gasteiger partial charge in [0.25, 0.3) is 5.69 Å². The minimum absolute atomic E-state index is 0.0701. The fourth-order valence-electron chi connectivity index (χ4n) is 2.11. The summed E-state index contributed by atoms with van der Waals surface area (Å²) in [5.41, 5.74) is 1.12. The lowest BCUT2D eigenvalue weighted by atomic mass is 9.95. The van der Waals surface area contributed by atoms with E-state index in [-0.39, 0.29) is 11.3 Å². The quantitative estimate of drug-likeness (QED) is 0.496. The maximum absolute atomic E-state index is 11.9. The molecule has 1 atom stereocenters. The molecule has 8 nitrogen and oxygen atoms in total. The van der Waals surface area contributed by atoms with Crippen molar-refractivity contribution in [3.63, 3.8) is 0 Å². The van der Waals surface area contributed by atoms with Crippen LogP contribution in [0.3, 0.4) is 0 Å². The van der Waals surface area contributed by atoms with Crippen molar-refractivity contribution >= 4 is 17.7 Å². The molecule has 0 bridgehead atoms. The molecule has 2 N–H and O–H groups in total. The Morgan fingerprint density at radius 3 is 2.48 bits per heavy atom. The van der Waals surface area contributed by atoms with E-state index in [1.807, 2.05) is 0 Å². The number of methoxy groups -OCH3 is 1. The van der Waals surface area contributed by atoms with E-state index >= 15 is 0 Å². The van der Waals surface area contributed by atoms with E-state index < -0.39 is 23.0 Å². The Morgan fingerprint density at radius 2 is 1.95 bits per heavy atom. The van der Waals surface area contributed by atoms with Crippen LogP contribution in [0.2, 0.25) is 0 Å². The van der Waals surface area contributed by atoms with E-state index in [0.29, 0.717) is 11.3 Å². The number of nitrogens with one attached hydrogen (secondary N) is 2. The number of nitro benzene ring substituents is 1. The van der Waals surface area contributed by atoms with Crippen molar-refractivity contribution in [2.24, 2.45) is 0 Å². The van der Waals surface area contributed by atoms with Gasteiger partial charge in [-0.25, -0.2) is 9.59 Å². The third kappa shape index (κ3) is 2.83. The van der Waals surface area contributed by atoms with Gasteiger partial charge in [0.1, 0.15) is 0 Å². The van der Waals surface area contributed by atoms with Crippen LogP contribution in [0.5, 0.6) is 0 Å². The first-order chi connectivity index (χ1) is 9.93. The molecule has 1 aromatic rings. The number of hydrogen-bond donors (Lipinski definition) is 2. The van der Waals surface area contributed by atoms with Gasteiger partial charge in [-0.2, -0.15) is 0 Å². The zero-order chi connectivity index (χ0) is 15.6. The number of carbonyl (C=O) groups excluding carboxylic acids is 2. The van der Waals surface area contributed by atoms with Gasteiger partial charge < -0.3 is 15.4 Å². The number of urea groups is 1. The van der Waals surface area contributed by atoms with Crippen LogP contribution in [0.25, 0.3) is 0 Å². The molecule has 2 rings (SSSR count). The number of benzene rings is 1. The van der Waals surface area contributed by atoms with Crippen molar-refractivity contribution in [2.75, 3.05) is 7.11 Å². The maximum Gasteiger partial charge on any atom is 0.337 e. The molecule has 21 heavy (non-hydrogen) atoms. The SMILES string of the molecule is COC(=O)C1=C(C)NC(=O)N[C@H]1c1ccc([N+](=O)[O-])cc1. The van der Waals surface area contributed by atoms with Gasteiger partial charge in [-0.3, -0.25) is 10.1 Å². The lowest BCUT2D eigenvalue weighted by molar-refractivity contribution is -0.384. The molecular weight excluding hydrogens is 278 g/mol. The van der Waals surface area contributed by atoms with Crippen molar-refractivity contribution in [2.45, 2.75) is 13.0 Å². The minimum Gasteiger partial charge on any atom is -0.466 e. The van der Waals surface area contributed by atoms with Gasteiger partial charge in [-0.1, -0.05) is 0 Å². The maximum atomic E-state index is 11.9. The number of non-ortho nitro benzene ring substituents is 1. The van der Waals surface area contributed by atoms with Crippen LogP contribution < -0.4 is 10.6 Å². The number of rotatable bonds is 3. The summed E-state index contributed by atoms with van der Waals surface area (Å²) in [6.07, 6.45) is 0. The number of hydrogen-bond acceptors (Lipinski definition) is 5. The Bertz CT molecular complexity index is 636. The predicted molar refractivity (Wildman–Crippen MR) is 72.2 cm³/mol. The molecule has 1 heterocycles. The molecular formula is C13H13N3O5. The highest BCUT2D eigenvalue weighted by Gasteiger charge is 2.31. The van der Waals surface area contributed by atoms with Gasteiger partial charge in [0, 0.05) is 17.8 Å². The number of allylic oxidation sites excluding steroid dienone is 1. The molecule has 1 aliphatic heterocycles. The van der Waals surface area contributed by atoms with Gasteiger partial charge in [0.15, 0.2) is 0 Å². The molecule has 8 heteroatoms. The summed E-state index contributed by atoms with van der Waals surface area (Å²) in [6, 6.07) is 4.44. The van der Waals surface area contributed by atoms with Crippen LogP contribution >= 0.6 is 0 Å². The summed E-state index contributed by atoms with van der Waals surface area (Å²) >= 11 is 0. The highest BCUT2D eigenvalue weighted by molar-refractivity contribution is 5.94. The van der Waals surface area contributed by atoms with Crippen LogP contribution in [0.15, 0.2) is 35.5 Å². The molecule has 1 aliphatic rings. The van der Waals surface area contributed by atoms with Gasteiger partial charge in [-0.15, -0.1) is 0 Å². The van der Waals surface area contributed by atoms with E-state index in [1.165, 1.54) is 31.4 Å². The fraction of sp³-hybridized carbons (Fsp3) is 0.231. The third-order valence-electron chi connectivity index (χ3n) is 3.11. The fourth-order valence-corrected chi connectivity index (χ4v) is 2.11. The molecule has 0 aromatic heterocycles. The van der Waals surface area contributed by atoms with Gasteiger partial charge in [-0.05, 0) is 24.6 Å². The van der Waals surface area contributed by atoms with E-state index in [0.717, 1.165) is 0 Å². The summed E-state index contributed by atoms with van der Waals surface area (Å²) < 4.78 is 4.71. The number of ether oxygens (including phenoxy) is 1. The largest absolute Gasteiger partial charge is 0.466 e. The average molecular weight is 291 g/mol. The summed E-state index contributed by atoms with van der Waals surface area (Å²) in [5.74, 6) is -0.580. The normalized spacial score (nSPS) is 17.8. The van der Waals surface area contributed by atoms with Crippen LogP contribution in [0.4, 0.5) is 10.5 Å². The second kappa shape index (κ2) is 5.61. The molecule has 110 valence electrons. The van der Waals surface area contributed by atoms with Gasteiger partial charge >= 0.3 is 12.0 Å². The van der Waals surface area contributed by atoms with Crippen LogP contribution in [-0.4, -0.2) is 24.0 Å². The average Bonchev–Trinajstić information content (AvgIpc) is 2.45. The molecule has 0 spiro atoms. The lowest BCUT2D eigenvalue weighted by Gasteiger charge is -2.27. The smallest absolute Gasteiger partial charge is 0.337 e. The standard InChI is InChI=1S/C13H13N3O5/c1-7-10(12(17)21-2)11(15-13(18)14-7)8-3-5-9(6-4-8)16(19)20/h3-6,11H,1-2H3,(H2,14,15,18)/t11-/m0/s1. The molecule has 0 fully saturated rings. The number of carbonyl (C=O) groups is 2. The van der Waals surface area contributed by atoms with Crippen molar-refractivity contribution in [1.82, 2.24) is 10.6 Å². The summed E-state index contributed by atoms with van der Waals surface area (Å²) in [6.45, 7) is 1.59. The van der Waals surface area contributed by atoms with Crippen molar-refractivity contribution in [1.29, 1.82) is 0 Å². The molecule has 0 radical (unpaired) electrons. The second-order valence-electron chi connectivity index (χ2n) is 4.41. The molecule has 0 saturated heterocycles. The Balaban J connectivity index is 2.43. The summed E-state index contributed by atoms with van der Waals surface area (Å²) in [5, 5.41) is 15.7. The molecule has 0 aliphatic carbocycles. The number of amides is 2. The Hall–Kier alpha value is -2.90. The molecule has 2 amide bonds. The van der Waals surface area contributed by atoms with Crippen molar-refractivity contribution in [3.05, 3.63) is 51.2 Å². The molecule has 0 unspecified atom stereocenters. The Kier molecular flexibility index (Phi) is 3.88. The predicted octanol–water partition coefficient (Wildman–Crippen LogP) is 1.40. The monoisotopic (exact) mass is 291 g/mol. The number of nitrogens with zero attached hydrogens (tertiary/aromatic N) is 1. The molecule has 0 saturated carbocycles.